The first kappa shape index (κ1) is 12.3. The first-order valence-electron chi connectivity index (χ1n) is 5.36. The summed E-state index contributed by atoms with van der Waals surface area (Å²) in [5.74, 6) is 3.30. The van der Waals surface area contributed by atoms with Crippen molar-refractivity contribution in [2.24, 2.45) is 0 Å². The van der Waals surface area contributed by atoms with Crippen molar-refractivity contribution in [2.75, 3.05) is 16.8 Å². The van der Waals surface area contributed by atoms with E-state index < -0.39 is 0 Å². The van der Waals surface area contributed by atoms with Gasteiger partial charge in [0, 0.05) is 18.4 Å². The molecule has 84 valence electrons. The van der Waals surface area contributed by atoms with E-state index in [4.69, 9.17) is 0 Å². The predicted molar refractivity (Wildman–Crippen MR) is 67.5 cm³/mol. The molecule has 1 atom stereocenters. The van der Waals surface area contributed by atoms with E-state index in [0.29, 0.717) is 6.04 Å². The lowest BCUT2D eigenvalue weighted by Gasteiger charge is -2.14. The number of aromatic nitrogens is 2. The number of anilines is 1. The lowest BCUT2D eigenvalue weighted by atomic mass is 10.2. The molecule has 0 aliphatic heterocycles. The van der Waals surface area contributed by atoms with Gasteiger partial charge < -0.3 is 5.32 Å². The molecule has 0 fully saturated rings. The van der Waals surface area contributed by atoms with E-state index in [1.807, 2.05) is 18.7 Å². The van der Waals surface area contributed by atoms with E-state index in [-0.39, 0.29) is 0 Å². The lowest BCUT2D eigenvalue weighted by Crippen LogP contribution is -2.17. The molecule has 1 rings (SSSR count). The second-order valence-electron chi connectivity index (χ2n) is 3.52. The van der Waals surface area contributed by atoms with Crippen molar-refractivity contribution in [1.29, 1.82) is 0 Å². The maximum absolute atomic E-state index is 4.27. The minimum atomic E-state index is 0.458. The second kappa shape index (κ2) is 6.67. The summed E-state index contributed by atoms with van der Waals surface area (Å²) in [6.45, 7) is 6.35. The molecule has 15 heavy (non-hydrogen) atoms. The highest BCUT2D eigenvalue weighted by molar-refractivity contribution is 7.99. The average Bonchev–Trinajstić information content (AvgIpc) is 2.22. The van der Waals surface area contributed by atoms with Gasteiger partial charge in [-0.25, -0.2) is 4.98 Å². The number of thioether (sulfide) groups is 1. The summed E-state index contributed by atoms with van der Waals surface area (Å²) < 4.78 is 0. The Kier molecular flexibility index (Phi) is 5.47. The normalized spacial score (nSPS) is 12.5. The minimum Gasteiger partial charge on any atom is -0.366 e. The van der Waals surface area contributed by atoms with Crippen molar-refractivity contribution in [1.82, 2.24) is 9.97 Å². The molecule has 4 heteroatoms. The highest BCUT2D eigenvalue weighted by Gasteiger charge is 2.04. The molecule has 0 aromatic carbocycles. The summed E-state index contributed by atoms with van der Waals surface area (Å²) in [5, 5.41) is 3.38. The molecule has 1 heterocycles. The van der Waals surface area contributed by atoms with E-state index in [1.165, 1.54) is 11.5 Å². The van der Waals surface area contributed by atoms with Gasteiger partial charge in [-0.3, -0.25) is 4.98 Å². The zero-order valence-electron chi connectivity index (χ0n) is 9.66. The van der Waals surface area contributed by atoms with Crippen LogP contribution in [0.4, 0.5) is 5.82 Å². The minimum absolute atomic E-state index is 0.458. The average molecular weight is 225 g/mol. The van der Waals surface area contributed by atoms with Gasteiger partial charge in [0.2, 0.25) is 0 Å². The molecular formula is C11H19N3S. The van der Waals surface area contributed by atoms with Gasteiger partial charge >= 0.3 is 0 Å². The Morgan fingerprint density at radius 3 is 2.80 bits per heavy atom. The number of nitrogens with one attached hydrogen (secondary N) is 1. The Bertz CT molecular complexity index is 291. The van der Waals surface area contributed by atoms with Gasteiger partial charge in [-0.15, -0.1) is 0 Å². The molecule has 0 aliphatic carbocycles. The number of hydrogen-bond acceptors (Lipinski definition) is 4. The summed E-state index contributed by atoms with van der Waals surface area (Å²) in [5.41, 5.74) is 0.965. The van der Waals surface area contributed by atoms with E-state index >= 15 is 0 Å². The van der Waals surface area contributed by atoms with Crippen LogP contribution in [-0.4, -0.2) is 27.5 Å². The lowest BCUT2D eigenvalue weighted by molar-refractivity contribution is 0.763. The third-order valence-corrected chi connectivity index (χ3v) is 3.10. The third-order valence-electron chi connectivity index (χ3n) is 2.16. The maximum atomic E-state index is 4.27. The van der Waals surface area contributed by atoms with Crippen LogP contribution in [0, 0.1) is 6.92 Å². The number of hydrogen-bond donors (Lipinski definition) is 1. The molecule has 0 bridgehead atoms. The fourth-order valence-electron chi connectivity index (χ4n) is 1.26. The van der Waals surface area contributed by atoms with Crippen LogP contribution in [0.3, 0.4) is 0 Å². The Hall–Kier alpha value is -0.770. The number of rotatable bonds is 6. The van der Waals surface area contributed by atoms with Crippen LogP contribution in [-0.2, 0) is 0 Å². The number of nitrogens with zero attached hydrogens (tertiary/aromatic N) is 2. The fraction of sp³-hybridized carbons (Fsp3) is 0.636. The molecule has 0 saturated heterocycles. The first-order valence-corrected chi connectivity index (χ1v) is 6.51. The van der Waals surface area contributed by atoms with Crippen LogP contribution in [0.5, 0.6) is 0 Å². The van der Waals surface area contributed by atoms with E-state index in [9.17, 15) is 0 Å². The van der Waals surface area contributed by atoms with Crippen molar-refractivity contribution >= 4 is 17.6 Å². The topological polar surface area (TPSA) is 37.8 Å². The zero-order valence-corrected chi connectivity index (χ0v) is 10.5. The van der Waals surface area contributed by atoms with Gasteiger partial charge in [-0.2, -0.15) is 11.8 Å². The first-order chi connectivity index (χ1) is 7.24. The molecule has 0 spiro atoms. The van der Waals surface area contributed by atoms with Crippen LogP contribution in [0.2, 0.25) is 0 Å². The van der Waals surface area contributed by atoms with Crippen LogP contribution in [0.15, 0.2) is 12.4 Å². The Balaban J connectivity index is 2.37. The SMILES string of the molecule is CCSCCC(C)Nc1nccnc1C. The third kappa shape index (κ3) is 4.51. The molecule has 0 amide bonds. The van der Waals surface area contributed by atoms with Gasteiger partial charge in [0.1, 0.15) is 5.82 Å². The molecule has 1 N–H and O–H groups in total. The summed E-state index contributed by atoms with van der Waals surface area (Å²) in [7, 11) is 0. The Labute approximate surface area is 96.1 Å². The highest BCUT2D eigenvalue weighted by Crippen LogP contribution is 2.11. The van der Waals surface area contributed by atoms with Crippen LogP contribution >= 0.6 is 11.8 Å². The van der Waals surface area contributed by atoms with Crippen molar-refractivity contribution in [2.45, 2.75) is 33.2 Å². The molecule has 1 aromatic rings. The van der Waals surface area contributed by atoms with Gasteiger partial charge in [-0.05, 0) is 31.8 Å². The van der Waals surface area contributed by atoms with Gasteiger partial charge in [0.05, 0.1) is 5.69 Å². The van der Waals surface area contributed by atoms with Crippen molar-refractivity contribution in [3.63, 3.8) is 0 Å². The van der Waals surface area contributed by atoms with Crippen LogP contribution in [0.25, 0.3) is 0 Å². The summed E-state index contributed by atoms with van der Waals surface area (Å²) in [6, 6.07) is 0.458. The summed E-state index contributed by atoms with van der Waals surface area (Å²) in [4.78, 5) is 8.46. The Morgan fingerprint density at radius 1 is 1.40 bits per heavy atom. The van der Waals surface area contributed by atoms with E-state index in [2.05, 4.69) is 29.1 Å². The monoisotopic (exact) mass is 225 g/mol. The second-order valence-corrected chi connectivity index (χ2v) is 4.92. The molecule has 0 saturated carbocycles. The van der Waals surface area contributed by atoms with Crippen molar-refractivity contribution in [3.8, 4) is 0 Å². The molecule has 1 aromatic heterocycles. The molecule has 1 unspecified atom stereocenters. The molecular weight excluding hydrogens is 206 g/mol. The van der Waals surface area contributed by atoms with E-state index in [0.717, 1.165) is 17.9 Å². The summed E-state index contributed by atoms with van der Waals surface area (Å²) in [6.07, 6.45) is 4.61. The summed E-state index contributed by atoms with van der Waals surface area (Å²) >= 11 is 1.98. The van der Waals surface area contributed by atoms with Gasteiger partial charge in [0.25, 0.3) is 0 Å². The fourth-order valence-corrected chi connectivity index (χ4v) is 2.07. The van der Waals surface area contributed by atoms with Gasteiger partial charge in [-0.1, -0.05) is 6.92 Å². The Morgan fingerprint density at radius 2 is 2.13 bits per heavy atom. The molecule has 0 radical (unpaired) electrons. The molecule has 3 nitrogen and oxygen atoms in total. The smallest absolute Gasteiger partial charge is 0.147 e. The molecule has 0 aliphatic rings. The van der Waals surface area contributed by atoms with Crippen molar-refractivity contribution < 1.29 is 0 Å². The largest absolute Gasteiger partial charge is 0.366 e. The quantitative estimate of drug-likeness (QED) is 0.755. The highest BCUT2D eigenvalue weighted by atomic mass is 32.2. The standard InChI is InChI=1S/C11H19N3S/c1-4-15-8-5-9(2)14-11-10(3)12-6-7-13-11/h6-7,9H,4-5,8H2,1-3H3,(H,13,14). The van der Waals surface area contributed by atoms with Crippen LogP contribution < -0.4 is 5.32 Å². The maximum Gasteiger partial charge on any atom is 0.147 e. The zero-order chi connectivity index (χ0) is 11.1. The van der Waals surface area contributed by atoms with Crippen LogP contribution in [0.1, 0.15) is 26.0 Å². The number of aryl methyl sites for hydroxylation is 1. The predicted octanol–water partition coefficient (Wildman–Crippen LogP) is 2.73. The van der Waals surface area contributed by atoms with Crippen molar-refractivity contribution in [3.05, 3.63) is 18.1 Å². The van der Waals surface area contributed by atoms with Gasteiger partial charge in [0.15, 0.2) is 0 Å². The van der Waals surface area contributed by atoms with E-state index in [1.54, 1.807) is 12.4 Å².